The number of nitrogens with zero attached hydrogens (tertiary/aromatic N) is 5. The lowest BCUT2D eigenvalue weighted by molar-refractivity contribution is -0.118. The molecule has 0 aliphatic rings. The van der Waals surface area contributed by atoms with E-state index in [4.69, 9.17) is 4.74 Å². The van der Waals surface area contributed by atoms with Gasteiger partial charge in [0.15, 0.2) is 11.0 Å². The van der Waals surface area contributed by atoms with Crippen LogP contribution in [0.25, 0.3) is 11.4 Å². The van der Waals surface area contributed by atoms with E-state index in [-0.39, 0.29) is 11.7 Å². The number of nitrogens with one attached hydrogen (secondary N) is 1. The van der Waals surface area contributed by atoms with Crippen LogP contribution in [0, 0.1) is 13.8 Å². The largest absolute Gasteiger partial charge is 0.496 e. The molecule has 154 valence electrons. The van der Waals surface area contributed by atoms with Gasteiger partial charge in [-0.25, -0.2) is 0 Å². The fourth-order valence-electron chi connectivity index (χ4n) is 3.04. The first-order valence-corrected chi connectivity index (χ1v) is 10.4. The predicted molar refractivity (Wildman–Crippen MR) is 113 cm³/mol. The van der Waals surface area contributed by atoms with E-state index in [9.17, 15) is 4.79 Å². The minimum absolute atomic E-state index is 0.0230. The molecule has 8 nitrogen and oxygen atoms in total. The van der Waals surface area contributed by atoms with Crippen LogP contribution >= 0.6 is 11.8 Å². The number of benzene rings is 1. The number of methoxy groups -OCH3 is 1. The van der Waals surface area contributed by atoms with Crippen LogP contribution in [-0.4, -0.2) is 49.9 Å². The SMILES string of the molecule is COc1ccccc1-c1nnc(SCC(=O)NCCCn2nc(C)cc2C)n1C. The van der Waals surface area contributed by atoms with Gasteiger partial charge in [0.2, 0.25) is 5.91 Å². The van der Waals surface area contributed by atoms with E-state index < -0.39 is 0 Å². The zero-order valence-corrected chi connectivity index (χ0v) is 18.0. The van der Waals surface area contributed by atoms with E-state index in [1.165, 1.54) is 11.8 Å². The highest BCUT2D eigenvalue weighted by Crippen LogP contribution is 2.29. The normalized spacial score (nSPS) is 10.9. The molecule has 0 fully saturated rings. The van der Waals surface area contributed by atoms with Crippen molar-refractivity contribution >= 4 is 17.7 Å². The summed E-state index contributed by atoms with van der Waals surface area (Å²) >= 11 is 1.36. The molecule has 0 spiro atoms. The maximum Gasteiger partial charge on any atom is 0.230 e. The van der Waals surface area contributed by atoms with Crippen LogP contribution in [0.1, 0.15) is 17.8 Å². The van der Waals surface area contributed by atoms with Crippen molar-refractivity contribution in [1.29, 1.82) is 0 Å². The number of amides is 1. The van der Waals surface area contributed by atoms with Crippen molar-refractivity contribution in [3.63, 3.8) is 0 Å². The van der Waals surface area contributed by atoms with Crippen LogP contribution in [0.5, 0.6) is 5.75 Å². The minimum Gasteiger partial charge on any atom is -0.496 e. The molecule has 0 bridgehead atoms. The van der Waals surface area contributed by atoms with Crippen LogP contribution in [0.2, 0.25) is 0 Å². The molecule has 0 atom stereocenters. The van der Waals surface area contributed by atoms with Gasteiger partial charge in [-0.3, -0.25) is 9.48 Å². The summed E-state index contributed by atoms with van der Waals surface area (Å²) in [5.74, 6) is 1.71. The summed E-state index contributed by atoms with van der Waals surface area (Å²) in [5, 5.41) is 16.5. The second kappa shape index (κ2) is 9.60. The van der Waals surface area contributed by atoms with Crippen molar-refractivity contribution in [1.82, 2.24) is 29.9 Å². The van der Waals surface area contributed by atoms with Crippen molar-refractivity contribution in [2.75, 3.05) is 19.4 Å². The second-order valence-corrected chi connectivity index (χ2v) is 7.65. The molecule has 0 radical (unpaired) electrons. The van der Waals surface area contributed by atoms with E-state index >= 15 is 0 Å². The lowest BCUT2D eigenvalue weighted by atomic mass is 10.2. The molecule has 29 heavy (non-hydrogen) atoms. The molecule has 1 amide bonds. The van der Waals surface area contributed by atoms with E-state index in [1.54, 1.807) is 7.11 Å². The summed E-state index contributed by atoms with van der Waals surface area (Å²) in [4.78, 5) is 12.2. The Morgan fingerprint density at radius 2 is 2.03 bits per heavy atom. The van der Waals surface area contributed by atoms with E-state index in [1.807, 2.05) is 54.4 Å². The molecular weight excluding hydrogens is 388 g/mol. The zero-order valence-electron chi connectivity index (χ0n) is 17.2. The lowest BCUT2D eigenvalue weighted by Crippen LogP contribution is -2.27. The van der Waals surface area contributed by atoms with E-state index in [2.05, 4.69) is 26.7 Å². The van der Waals surface area contributed by atoms with Gasteiger partial charge in [-0.15, -0.1) is 10.2 Å². The third-order valence-corrected chi connectivity index (χ3v) is 5.51. The second-order valence-electron chi connectivity index (χ2n) is 6.71. The molecule has 2 aromatic heterocycles. The molecule has 1 N–H and O–H groups in total. The van der Waals surface area contributed by atoms with Crippen molar-refractivity contribution in [3.05, 3.63) is 41.7 Å². The molecule has 0 unspecified atom stereocenters. The standard InChI is InChI=1S/C20H26N6O2S/c1-14-12-15(2)26(24-14)11-7-10-21-18(27)13-29-20-23-22-19(25(20)3)16-8-5-6-9-17(16)28-4/h5-6,8-9,12H,7,10-11,13H2,1-4H3,(H,21,27). The highest BCUT2D eigenvalue weighted by molar-refractivity contribution is 7.99. The van der Waals surface area contributed by atoms with Gasteiger partial charge in [-0.2, -0.15) is 5.10 Å². The van der Waals surface area contributed by atoms with Crippen molar-refractivity contribution in [2.45, 2.75) is 32.0 Å². The summed E-state index contributed by atoms with van der Waals surface area (Å²) < 4.78 is 9.24. The summed E-state index contributed by atoms with van der Waals surface area (Å²) in [7, 11) is 3.51. The van der Waals surface area contributed by atoms with Crippen LogP contribution in [0.15, 0.2) is 35.5 Å². The summed E-state index contributed by atoms with van der Waals surface area (Å²) in [6.45, 7) is 5.42. The Bertz CT molecular complexity index is 981. The number of rotatable bonds is 9. The molecule has 0 saturated heterocycles. The Hall–Kier alpha value is -2.81. The van der Waals surface area contributed by atoms with Crippen molar-refractivity contribution in [3.8, 4) is 17.1 Å². The number of ether oxygens (including phenoxy) is 1. The highest BCUT2D eigenvalue weighted by Gasteiger charge is 2.15. The van der Waals surface area contributed by atoms with Crippen LogP contribution in [0.4, 0.5) is 0 Å². The van der Waals surface area contributed by atoms with Crippen molar-refractivity contribution in [2.24, 2.45) is 7.05 Å². The number of hydrogen-bond acceptors (Lipinski definition) is 6. The molecule has 0 aliphatic carbocycles. The van der Waals surface area contributed by atoms with Gasteiger partial charge in [0.25, 0.3) is 0 Å². The van der Waals surface area contributed by atoms with E-state index in [0.717, 1.165) is 35.7 Å². The number of thioether (sulfide) groups is 1. The molecule has 0 saturated carbocycles. The lowest BCUT2D eigenvalue weighted by Gasteiger charge is -2.08. The fraction of sp³-hybridized carbons (Fsp3) is 0.400. The van der Waals surface area contributed by atoms with Gasteiger partial charge in [0.1, 0.15) is 5.75 Å². The first-order chi connectivity index (χ1) is 14.0. The van der Waals surface area contributed by atoms with Crippen LogP contribution < -0.4 is 10.1 Å². The fourth-order valence-corrected chi connectivity index (χ4v) is 3.78. The summed E-state index contributed by atoms with van der Waals surface area (Å²) in [6.07, 6.45) is 0.834. The smallest absolute Gasteiger partial charge is 0.230 e. The number of hydrogen-bond donors (Lipinski definition) is 1. The molecular formula is C20H26N6O2S. The van der Waals surface area contributed by atoms with E-state index in [0.29, 0.717) is 17.5 Å². The minimum atomic E-state index is -0.0230. The number of carbonyl (C=O) groups is 1. The zero-order chi connectivity index (χ0) is 20.8. The molecule has 9 heteroatoms. The molecule has 1 aromatic carbocycles. The molecule has 2 heterocycles. The topological polar surface area (TPSA) is 86.9 Å². The summed E-state index contributed by atoms with van der Waals surface area (Å²) in [6, 6.07) is 9.71. The molecule has 0 aliphatic heterocycles. The van der Waals surface area contributed by atoms with Crippen molar-refractivity contribution < 1.29 is 9.53 Å². The predicted octanol–water partition coefficient (Wildman–Crippen LogP) is 2.60. The first kappa shape index (κ1) is 20.9. The van der Waals surface area contributed by atoms with Crippen LogP contribution in [-0.2, 0) is 18.4 Å². The average molecular weight is 415 g/mol. The molecule has 3 aromatic rings. The Labute approximate surface area is 174 Å². The maximum atomic E-state index is 12.2. The third-order valence-electron chi connectivity index (χ3n) is 4.49. The van der Waals surface area contributed by atoms with Gasteiger partial charge in [0.05, 0.1) is 24.1 Å². The van der Waals surface area contributed by atoms with Gasteiger partial charge in [-0.05, 0) is 38.5 Å². The van der Waals surface area contributed by atoms with Gasteiger partial charge in [-0.1, -0.05) is 23.9 Å². The highest BCUT2D eigenvalue weighted by atomic mass is 32.2. The average Bonchev–Trinajstić information content (AvgIpc) is 3.24. The molecule has 3 rings (SSSR count). The Balaban J connectivity index is 1.48. The number of aryl methyl sites for hydroxylation is 3. The van der Waals surface area contributed by atoms with Gasteiger partial charge >= 0.3 is 0 Å². The monoisotopic (exact) mass is 414 g/mol. The quantitative estimate of drug-likeness (QED) is 0.428. The summed E-state index contributed by atoms with van der Waals surface area (Å²) in [5.41, 5.74) is 3.02. The number of aromatic nitrogens is 5. The van der Waals surface area contributed by atoms with Gasteiger partial charge < -0.3 is 14.6 Å². The van der Waals surface area contributed by atoms with Crippen LogP contribution in [0.3, 0.4) is 0 Å². The van der Waals surface area contributed by atoms with Gasteiger partial charge in [0, 0.05) is 25.8 Å². The Kier molecular flexibility index (Phi) is 6.92. The Morgan fingerprint density at radius 3 is 2.76 bits per heavy atom. The number of carbonyl (C=O) groups excluding carboxylic acids is 1. The maximum absolute atomic E-state index is 12.2. The number of para-hydroxylation sites is 1. The first-order valence-electron chi connectivity index (χ1n) is 9.43. The third kappa shape index (κ3) is 5.17. The Morgan fingerprint density at radius 1 is 1.24 bits per heavy atom.